The van der Waals surface area contributed by atoms with Gasteiger partial charge in [-0.05, 0) is 18.4 Å². The third-order valence-corrected chi connectivity index (χ3v) is 5.56. The van der Waals surface area contributed by atoms with Crippen LogP contribution >= 0.6 is 0 Å². The highest BCUT2D eigenvalue weighted by atomic mass is 16.5. The Kier molecular flexibility index (Phi) is 9.00. The summed E-state index contributed by atoms with van der Waals surface area (Å²) < 4.78 is 10.6. The minimum absolute atomic E-state index is 0.0757. The van der Waals surface area contributed by atoms with Crippen molar-refractivity contribution < 1.29 is 28.7 Å². The van der Waals surface area contributed by atoms with Crippen LogP contribution in [0.3, 0.4) is 0 Å². The maximum absolute atomic E-state index is 13.0. The van der Waals surface area contributed by atoms with Crippen molar-refractivity contribution >= 4 is 24.2 Å². The molecular weight excluding hydrogens is 416 g/mol. The van der Waals surface area contributed by atoms with Crippen molar-refractivity contribution in [2.24, 2.45) is 5.92 Å². The van der Waals surface area contributed by atoms with E-state index in [0.717, 1.165) is 5.56 Å². The van der Waals surface area contributed by atoms with Gasteiger partial charge in [0, 0.05) is 32.1 Å². The number of aldehydes is 1. The van der Waals surface area contributed by atoms with Gasteiger partial charge in [0.2, 0.25) is 11.8 Å². The Morgan fingerprint density at radius 2 is 1.97 bits per heavy atom. The summed E-state index contributed by atoms with van der Waals surface area (Å²) in [6.07, 6.45) is 0.757. The smallest absolute Gasteiger partial charge is 0.408 e. The summed E-state index contributed by atoms with van der Waals surface area (Å²) in [7, 11) is 0. The van der Waals surface area contributed by atoms with Crippen LogP contribution in [0, 0.1) is 5.92 Å². The summed E-state index contributed by atoms with van der Waals surface area (Å²) in [6, 6.07) is 7.48. The molecule has 174 valence electrons. The second-order valence-electron chi connectivity index (χ2n) is 7.94. The zero-order valence-electron chi connectivity index (χ0n) is 18.0. The molecule has 32 heavy (non-hydrogen) atoms. The summed E-state index contributed by atoms with van der Waals surface area (Å²) >= 11 is 0. The topological polar surface area (TPSA) is 126 Å². The first-order chi connectivity index (χ1) is 15.5. The maximum atomic E-state index is 13.0. The van der Waals surface area contributed by atoms with Crippen molar-refractivity contribution in [2.45, 2.75) is 31.5 Å². The van der Waals surface area contributed by atoms with Gasteiger partial charge in [0.15, 0.2) is 0 Å². The molecule has 2 heterocycles. The maximum Gasteiger partial charge on any atom is 0.408 e. The van der Waals surface area contributed by atoms with E-state index in [9.17, 15) is 19.2 Å². The molecule has 0 bridgehead atoms. The fraction of sp³-hybridized carbons (Fsp3) is 0.545. The fourth-order valence-electron chi connectivity index (χ4n) is 3.75. The molecule has 3 N–H and O–H groups in total. The Morgan fingerprint density at radius 3 is 2.62 bits per heavy atom. The third-order valence-electron chi connectivity index (χ3n) is 5.56. The van der Waals surface area contributed by atoms with Crippen molar-refractivity contribution in [1.29, 1.82) is 0 Å². The summed E-state index contributed by atoms with van der Waals surface area (Å²) in [5, 5.41) is 8.01. The quantitative estimate of drug-likeness (QED) is 0.426. The van der Waals surface area contributed by atoms with E-state index in [2.05, 4.69) is 16.0 Å². The van der Waals surface area contributed by atoms with E-state index in [1.807, 2.05) is 35.2 Å². The molecule has 3 amide bonds. The van der Waals surface area contributed by atoms with Crippen LogP contribution in [0.25, 0.3) is 0 Å². The van der Waals surface area contributed by atoms with Crippen molar-refractivity contribution in [3.8, 4) is 0 Å². The molecule has 1 aromatic rings. The molecule has 0 unspecified atom stereocenters. The number of benzene rings is 1. The minimum Gasteiger partial charge on any atom is -0.445 e. The van der Waals surface area contributed by atoms with Gasteiger partial charge < -0.3 is 30.2 Å². The normalized spacial score (nSPS) is 20.6. The largest absolute Gasteiger partial charge is 0.445 e. The standard InChI is InChI=1S/C22H30N4O6/c27-14-18(12-17-6-7-23-20(17)28)24-21(29)19(13-26-8-10-31-11-9-26)25-22(30)32-15-16-4-2-1-3-5-16/h1-5,14,17-19H,6-13,15H2,(H,23,28)(H,24,29)(H,25,30)/t17-,18-,19-/m0/s1. The molecule has 2 saturated heterocycles. The number of alkyl carbamates (subject to hydrolysis) is 1. The van der Waals surface area contributed by atoms with E-state index < -0.39 is 24.1 Å². The highest BCUT2D eigenvalue weighted by Crippen LogP contribution is 2.15. The number of nitrogens with zero attached hydrogens (tertiary/aromatic N) is 1. The molecule has 0 aliphatic carbocycles. The number of nitrogens with one attached hydrogen (secondary N) is 3. The number of carbonyl (C=O) groups is 4. The molecule has 0 aromatic heterocycles. The van der Waals surface area contributed by atoms with Gasteiger partial charge in [-0.2, -0.15) is 0 Å². The molecule has 3 atom stereocenters. The van der Waals surface area contributed by atoms with Crippen LogP contribution in [0.15, 0.2) is 30.3 Å². The Balaban J connectivity index is 1.58. The molecule has 10 heteroatoms. The summed E-state index contributed by atoms with van der Waals surface area (Å²) in [5.74, 6) is -0.922. The van der Waals surface area contributed by atoms with E-state index in [1.54, 1.807) is 0 Å². The summed E-state index contributed by atoms with van der Waals surface area (Å²) in [6.45, 7) is 3.24. The van der Waals surface area contributed by atoms with E-state index in [4.69, 9.17) is 9.47 Å². The lowest BCUT2D eigenvalue weighted by Gasteiger charge is -2.30. The van der Waals surface area contributed by atoms with E-state index in [-0.39, 0.29) is 31.4 Å². The van der Waals surface area contributed by atoms with Gasteiger partial charge in [0.1, 0.15) is 18.9 Å². The van der Waals surface area contributed by atoms with Crippen molar-refractivity contribution in [2.75, 3.05) is 39.4 Å². The molecule has 0 spiro atoms. The third kappa shape index (κ3) is 7.31. The Hall–Kier alpha value is -2.98. The number of hydrogen-bond acceptors (Lipinski definition) is 7. The molecule has 3 rings (SSSR count). The van der Waals surface area contributed by atoms with Crippen LogP contribution < -0.4 is 16.0 Å². The number of rotatable bonds is 10. The highest BCUT2D eigenvalue weighted by Gasteiger charge is 2.31. The molecule has 2 aliphatic rings. The molecule has 1 aromatic carbocycles. The molecule has 0 radical (unpaired) electrons. The SMILES string of the molecule is O=C[C@H](C[C@@H]1CCNC1=O)NC(=O)[C@H](CN1CCOCC1)NC(=O)OCc1ccccc1. The van der Waals surface area contributed by atoms with Crippen molar-refractivity contribution in [3.05, 3.63) is 35.9 Å². The van der Waals surface area contributed by atoms with Gasteiger partial charge >= 0.3 is 6.09 Å². The van der Waals surface area contributed by atoms with Gasteiger partial charge in [-0.3, -0.25) is 14.5 Å². The molecule has 0 saturated carbocycles. The van der Waals surface area contributed by atoms with Gasteiger partial charge in [-0.15, -0.1) is 0 Å². The second-order valence-corrected chi connectivity index (χ2v) is 7.94. The van der Waals surface area contributed by atoms with Crippen LogP contribution in [-0.4, -0.2) is 80.6 Å². The van der Waals surface area contributed by atoms with Crippen LogP contribution in [-0.2, 0) is 30.5 Å². The molecular formula is C22H30N4O6. The van der Waals surface area contributed by atoms with Gasteiger partial charge in [-0.25, -0.2) is 4.79 Å². The first-order valence-corrected chi connectivity index (χ1v) is 10.9. The Bertz CT molecular complexity index is 784. The lowest BCUT2D eigenvalue weighted by Crippen LogP contribution is -2.56. The average molecular weight is 447 g/mol. The molecule has 10 nitrogen and oxygen atoms in total. The number of morpholine rings is 1. The van der Waals surface area contributed by atoms with Crippen LogP contribution in [0.2, 0.25) is 0 Å². The zero-order chi connectivity index (χ0) is 22.8. The van der Waals surface area contributed by atoms with E-state index in [0.29, 0.717) is 45.6 Å². The summed E-state index contributed by atoms with van der Waals surface area (Å²) in [5.41, 5.74) is 0.827. The second kappa shape index (κ2) is 12.2. The summed E-state index contributed by atoms with van der Waals surface area (Å²) in [4.78, 5) is 50.7. The number of carbonyl (C=O) groups excluding carboxylic acids is 4. The van der Waals surface area contributed by atoms with Gasteiger partial charge in [0.25, 0.3) is 0 Å². The van der Waals surface area contributed by atoms with Crippen LogP contribution in [0.1, 0.15) is 18.4 Å². The van der Waals surface area contributed by atoms with E-state index in [1.165, 1.54) is 0 Å². The number of hydrogen-bond donors (Lipinski definition) is 3. The lowest BCUT2D eigenvalue weighted by molar-refractivity contribution is -0.128. The lowest BCUT2D eigenvalue weighted by atomic mass is 9.99. The molecule has 2 fully saturated rings. The van der Waals surface area contributed by atoms with Crippen molar-refractivity contribution in [3.63, 3.8) is 0 Å². The monoisotopic (exact) mass is 446 g/mol. The molecule has 2 aliphatic heterocycles. The zero-order valence-corrected chi connectivity index (χ0v) is 18.0. The Morgan fingerprint density at radius 1 is 1.22 bits per heavy atom. The Labute approximate surface area is 187 Å². The fourth-order valence-corrected chi connectivity index (χ4v) is 3.75. The van der Waals surface area contributed by atoms with E-state index >= 15 is 0 Å². The van der Waals surface area contributed by atoms with Crippen LogP contribution in [0.4, 0.5) is 4.79 Å². The first kappa shape index (κ1) is 23.7. The number of amides is 3. The predicted octanol–water partition coefficient (Wildman–Crippen LogP) is -0.176. The minimum atomic E-state index is -0.920. The van der Waals surface area contributed by atoms with Gasteiger partial charge in [0.05, 0.1) is 19.3 Å². The number of ether oxygens (including phenoxy) is 2. The van der Waals surface area contributed by atoms with Gasteiger partial charge in [-0.1, -0.05) is 30.3 Å². The average Bonchev–Trinajstić information content (AvgIpc) is 3.22. The predicted molar refractivity (Wildman–Crippen MR) is 115 cm³/mol. The highest BCUT2D eigenvalue weighted by molar-refractivity contribution is 5.88. The first-order valence-electron chi connectivity index (χ1n) is 10.9. The van der Waals surface area contributed by atoms with Crippen LogP contribution in [0.5, 0.6) is 0 Å². The van der Waals surface area contributed by atoms with Crippen molar-refractivity contribution in [1.82, 2.24) is 20.9 Å².